The Kier molecular flexibility index (Phi) is 5.35. The van der Waals surface area contributed by atoms with Gasteiger partial charge in [0.15, 0.2) is 0 Å². The fourth-order valence-electron chi connectivity index (χ4n) is 2.64. The largest absolute Gasteiger partial charge is 0.392 e. The van der Waals surface area contributed by atoms with Gasteiger partial charge in [0.2, 0.25) is 0 Å². The van der Waals surface area contributed by atoms with Crippen LogP contribution in [0.5, 0.6) is 0 Å². The van der Waals surface area contributed by atoms with Crippen molar-refractivity contribution in [3.05, 3.63) is 22.3 Å². The molecule has 2 heterocycles. The number of thiocarbonyl (C=S) groups is 1. The average Bonchev–Trinajstić information content (AvgIpc) is 2.40. The second-order valence-corrected chi connectivity index (χ2v) is 6.49. The van der Waals surface area contributed by atoms with E-state index in [2.05, 4.69) is 43.7 Å². The zero-order valence-corrected chi connectivity index (χ0v) is 14.4. The summed E-state index contributed by atoms with van der Waals surface area (Å²) in [6.07, 6.45) is 2.89. The van der Waals surface area contributed by atoms with Crippen LogP contribution in [0.4, 0.5) is 5.82 Å². The van der Waals surface area contributed by atoms with Crippen molar-refractivity contribution in [1.29, 1.82) is 0 Å². The summed E-state index contributed by atoms with van der Waals surface area (Å²) in [6, 6.07) is 2.33. The van der Waals surface area contributed by atoms with Gasteiger partial charge in [-0.15, -0.1) is 0 Å². The van der Waals surface area contributed by atoms with Crippen molar-refractivity contribution in [2.75, 3.05) is 31.1 Å². The molecule has 1 fully saturated rings. The minimum absolute atomic E-state index is 0.224. The van der Waals surface area contributed by atoms with Gasteiger partial charge in [-0.1, -0.05) is 19.1 Å². The van der Waals surface area contributed by atoms with Gasteiger partial charge in [0.1, 0.15) is 5.82 Å². The number of anilines is 1. The molecule has 1 aliphatic rings. The maximum Gasteiger partial charge on any atom is 0.142 e. The van der Waals surface area contributed by atoms with Gasteiger partial charge in [-0.3, -0.25) is 4.90 Å². The molecule has 1 aromatic rings. The van der Waals surface area contributed by atoms with Crippen LogP contribution in [-0.4, -0.2) is 47.1 Å². The number of aryl methyl sites for hydroxylation is 1. The smallest absolute Gasteiger partial charge is 0.142 e. The van der Waals surface area contributed by atoms with E-state index in [9.17, 15) is 0 Å². The van der Waals surface area contributed by atoms with Gasteiger partial charge >= 0.3 is 0 Å². The molecule has 0 spiro atoms. The lowest BCUT2D eigenvalue weighted by molar-refractivity contribution is 0.224. The maximum atomic E-state index is 5.82. The minimum Gasteiger partial charge on any atom is -0.392 e. The summed E-state index contributed by atoms with van der Waals surface area (Å²) in [6.45, 7) is 8.03. The maximum absolute atomic E-state index is 5.82. The lowest BCUT2D eigenvalue weighted by atomic mass is 10.1. The van der Waals surface area contributed by atoms with Crippen LogP contribution in [0.3, 0.4) is 0 Å². The third-order valence-corrected chi connectivity index (χ3v) is 4.58. The highest BCUT2D eigenvalue weighted by molar-refractivity contribution is 9.10. The Balaban J connectivity index is 2.02. The second-order valence-electron chi connectivity index (χ2n) is 5.17. The minimum atomic E-state index is 0.224. The molecular weight excluding hydrogens is 336 g/mol. The highest BCUT2D eigenvalue weighted by atomic mass is 79.9. The molecular formula is C14H21BrN4S. The molecule has 0 radical (unpaired) electrons. The van der Waals surface area contributed by atoms with E-state index in [1.807, 2.05) is 13.1 Å². The van der Waals surface area contributed by atoms with E-state index in [0.29, 0.717) is 4.99 Å². The Morgan fingerprint density at radius 3 is 2.60 bits per heavy atom. The topological polar surface area (TPSA) is 45.4 Å². The molecule has 1 unspecified atom stereocenters. The summed E-state index contributed by atoms with van der Waals surface area (Å²) in [5.41, 5.74) is 6.99. The van der Waals surface area contributed by atoms with Gasteiger partial charge < -0.3 is 10.6 Å². The van der Waals surface area contributed by atoms with Crippen LogP contribution in [0.1, 0.15) is 18.9 Å². The van der Waals surface area contributed by atoms with Crippen molar-refractivity contribution >= 4 is 39.0 Å². The van der Waals surface area contributed by atoms with E-state index < -0.39 is 0 Å². The summed E-state index contributed by atoms with van der Waals surface area (Å²) in [7, 11) is 0. The van der Waals surface area contributed by atoms with Crippen LogP contribution < -0.4 is 10.6 Å². The molecule has 110 valence electrons. The molecule has 0 aliphatic carbocycles. The van der Waals surface area contributed by atoms with Gasteiger partial charge in [0.25, 0.3) is 0 Å². The molecule has 2 rings (SSSR count). The summed E-state index contributed by atoms with van der Waals surface area (Å²) in [5.74, 6) is 1.03. The molecule has 0 amide bonds. The molecule has 2 N–H and O–H groups in total. The fraction of sp³-hybridized carbons (Fsp3) is 0.571. The van der Waals surface area contributed by atoms with Gasteiger partial charge in [-0.05, 0) is 40.9 Å². The quantitative estimate of drug-likeness (QED) is 0.838. The first-order valence-corrected chi connectivity index (χ1v) is 8.13. The van der Waals surface area contributed by atoms with Crippen LogP contribution in [0.15, 0.2) is 16.7 Å². The van der Waals surface area contributed by atoms with Gasteiger partial charge in [0, 0.05) is 32.4 Å². The lowest BCUT2D eigenvalue weighted by Gasteiger charge is -2.39. The molecule has 1 aliphatic heterocycles. The van der Waals surface area contributed by atoms with Crippen LogP contribution in [0, 0.1) is 6.92 Å². The Bertz CT molecular complexity index is 486. The number of hydrogen-bond acceptors (Lipinski definition) is 4. The van der Waals surface area contributed by atoms with E-state index >= 15 is 0 Å². The number of aromatic nitrogens is 1. The SMILES string of the molecule is CCC(C(N)=S)N1CCN(c2ncc(C)cc2Br)CC1. The van der Waals surface area contributed by atoms with Gasteiger partial charge in [-0.2, -0.15) is 0 Å². The van der Waals surface area contributed by atoms with E-state index in [1.54, 1.807) is 0 Å². The summed E-state index contributed by atoms with van der Waals surface area (Å²) < 4.78 is 1.06. The van der Waals surface area contributed by atoms with E-state index in [-0.39, 0.29) is 6.04 Å². The Morgan fingerprint density at radius 1 is 1.45 bits per heavy atom. The van der Waals surface area contributed by atoms with Crippen LogP contribution in [0.2, 0.25) is 0 Å². The number of nitrogens with two attached hydrogens (primary N) is 1. The fourth-order valence-corrected chi connectivity index (χ4v) is 3.67. The zero-order valence-electron chi connectivity index (χ0n) is 12.0. The predicted molar refractivity (Wildman–Crippen MR) is 91.3 cm³/mol. The molecule has 0 aromatic carbocycles. The number of halogens is 1. The lowest BCUT2D eigenvalue weighted by Crippen LogP contribution is -2.53. The third-order valence-electron chi connectivity index (χ3n) is 3.73. The zero-order chi connectivity index (χ0) is 14.7. The molecule has 4 nitrogen and oxygen atoms in total. The van der Waals surface area contributed by atoms with Gasteiger partial charge in [0.05, 0.1) is 15.5 Å². The van der Waals surface area contributed by atoms with E-state index in [1.165, 1.54) is 5.56 Å². The van der Waals surface area contributed by atoms with E-state index in [0.717, 1.165) is 42.9 Å². The van der Waals surface area contributed by atoms with Crippen molar-refractivity contribution < 1.29 is 0 Å². The molecule has 20 heavy (non-hydrogen) atoms. The van der Waals surface area contributed by atoms with E-state index in [4.69, 9.17) is 18.0 Å². The van der Waals surface area contributed by atoms with Crippen molar-refractivity contribution in [2.45, 2.75) is 26.3 Å². The summed E-state index contributed by atoms with van der Waals surface area (Å²) >= 11 is 8.76. The number of nitrogens with zero attached hydrogens (tertiary/aromatic N) is 3. The van der Waals surface area contributed by atoms with Crippen molar-refractivity contribution in [3.63, 3.8) is 0 Å². The number of rotatable bonds is 4. The van der Waals surface area contributed by atoms with Crippen molar-refractivity contribution in [2.24, 2.45) is 5.73 Å². The van der Waals surface area contributed by atoms with Crippen LogP contribution >= 0.6 is 28.1 Å². The van der Waals surface area contributed by atoms with Crippen LogP contribution in [0.25, 0.3) is 0 Å². The molecule has 1 atom stereocenters. The summed E-state index contributed by atoms with van der Waals surface area (Å²) in [5, 5.41) is 0. The summed E-state index contributed by atoms with van der Waals surface area (Å²) in [4.78, 5) is 9.83. The van der Waals surface area contributed by atoms with Crippen LogP contribution in [-0.2, 0) is 0 Å². The number of hydrogen-bond donors (Lipinski definition) is 1. The monoisotopic (exact) mass is 356 g/mol. The molecule has 0 saturated carbocycles. The number of piperazine rings is 1. The number of pyridine rings is 1. The standard InChI is InChI=1S/C14H21BrN4S/c1-3-12(13(16)20)18-4-6-19(7-5-18)14-11(15)8-10(2)9-17-14/h8-9,12H,3-7H2,1-2H3,(H2,16,20). The molecule has 0 bridgehead atoms. The normalized spacial score (nSPS) is 18.1. The first kappa shape index (κ1) is 15.7. The highest BCUT2D eigenvalue weighted by Gasteiger charge is 2.25. The van der Waals surface area contributed by atoms with Crippen molar-refractivity contribution in [3.8, 4) is 0 Å². The first-order chi connectivity index (χ1) is 9.52. The van der Waals surface area contributed by atoms with Gasteiger partial charge in [-0.25, -0.2) is 4.98 Å². The molecule has 1 saturated heterocycles. The third kappa shape index (κ3) is 3.48. The highest BCUT2D eigenvalue weighted by Crippen LogP contribution is 2.25. The second kappa shape index (κ2) is 6.83. The predicted octanol–water partition coefficient (Wildman–Crippen LogP) is 2.34. The molecule has 1 aromatic heterocycles. The Labute approximate surface area is 134 Å². The average molecular weight is 357 g/mol. The van der Waals surface area contributed by atoms with Crippen molar-refractivity contribution in [1.82, 2.24) is 9.88 Å². The molecule has 6 heteroatoms. The first-order valence-electron chi connectivity index (χ1n) is 6.93. The Hall–Kier alpha value is -0.720. The Morgan fingerprint density at radius 2 is 2.10 bits per heavy atom.